The predicted octanol–water partition coefficient (Wildman–Crippen LogP) is 9.02. The van der Waals surface area contributed by atoms with Crippen LogP contribution in [-0.2, 0) is 84.5 Å². The van der Waals surface area contributed by atoms with E-state index in [1.165, 1.54) is 32.9 Å². The molecule has 0 radical (unpaired) electrons. The number of aliphatic carboxylic acids is 1. The van der Waals surface area contributed by atoms with Crippen LogP contribution < -0.4 is 25.4 Å². The van der Waals surface area contributed by atoms with Crippen LogP contribution in [0.1, 0.15) is 215 Å². The van der Waals surface area contributed by atoms with E-state index in [0.29, 0.717) is 68.1 Å². The molecule has 9 aliphatic rings. The molecule has 7 fully saturated rings. The summed E-state index contributed by atoms with van der Waals surface area (Å²) in [4.78, 5) is 109. The van der Waals surface area contributed by atoms with Gasteiger partial charge in [-0.3, -0.25) is 48.0 Å². The fourth-order valence-corrected chi connectivity index (χ4v) is 18.2. The SMILES string of the molecule is C=C[C@@H]1C[C@@]12NC(=O)[C@@H]1C[C@@H](OC(=O)N3Cc4cccc(F)c4C3)CN1C(=O)CCCCCCCCCCCC1(CC1)S(=O)(=O)NC2=O.C=C[C@@H]1C[C@]1(NC(=O)[C@@H]1C[C@@H](OC(=O)N2Cc3cccc(F)c3C2)CN1)C(=O)NS(=O)(=O)C1(CCCCCCCCCCCC(=O)O)CC1. The smallest absolute Gasteiger partial charge is 0.410 e. The zero-order valence-electron chi connectivity index (χ0n) is 55.5. The molecule has 0 bridgehead atoms. The van der Waals surface area contributed by atoms with E-state index in [1.807, 2.05) is 0 Å². The number of rotatable bonds is 21. The fourth-order valence-electron chi connectivity index (χ4n) is 14.8. The van der Waals surface area contributed by atoms with Crippen LogP contribution in [0.15, 0.2) is 61.7 Å². The van der Waals surface area contributed by atoms with Crippen molar-refractivity contribution in [3.63, 3.8) is 0 Å². The average molecular weight is 1390 g/mol. The Morgan fingerprint density at radius 3 is 1.78 bits per heavy atom. The summed E-state index contributed by atoms with van der Waals surface area (Å²) in [6.07, 6.45) is 21.3. The molecule has 2 aromatic rings. The molecule has 2 spiro atoms. The number of benzene rings is 2. The zero-order chi connectivity index (χ0) is 69.3. The van der Waals surface area contributed by atoms with Gasteiger partial charge in [-0.05, 0) is 87.5 Å². The number of fused-ring (bicyclic) bond motifs is 3. The van der Waals surface area contributed by atoms with Gasteiger partial charge < -0.3 is 35.4 Å². The van der Waals surface area contributed by atoms with Crippen molar-refractivity contribution in [2.75, 3.05) is 13.1 Å². The second-order valence-electron chi connectivity index (χ2n) is 28.5. The molecule has 5 heterocycles. The lowest BCUT2D eigenvalue weighted by atomic mass is 10.0. The number of hydrogen-bond donors (Lipinski definition) is 6. The lowest BCUT2D eigenvalue weighted by Crippen LogP contribution is -2.57. The number of carbonyl (C=O) groups is 8. The minimum Gasteiger partial charge on any atom is -0.481 e. The topological polar surface area (TPSA) is 313 Å². The molecule has 6 N–H and O–H groups in total. The monoisotopic (exact) mass is 1390 g/mol. The van der Waals surface area contributed by atoms with E-state index >= 15 is 0 Å². The Bertz CT molecular complexity index is 3550. The number of unbranched alkanes of at least 4 members (excludes halogenated alkanes) is 8. The molecule has 7 amide bonds. The van der Waals surface area contributed by atoms with Gasteiger partial charge in [0.2, 0.25) is 37.8 Å². The maximum atomic E-state index is 14.3. The first kappa shape index (κ1) is 72.7. The van der Waals surface area contributed by atoms with Gasteiger partial charge >= 0.3 is 18.2 Å². The molecule has 5 aliphatic heterocycles. The summed E-state index contributed by atoms with van der Waals surface area (Å²) in [6.45, 7) is 8.35. The molecule has 532 valence electrons. The highest BCUT2D eigenvalue weighted by molar-refractivity contribution is 7.92. The molecule has 8 atom stereocenters. The summed E-state index contributed by atoms with van der Waals surface area (Å²) in [5.74, 6) is -5.33. The number of nitrogens with one attached hydrogen (secondary N) is 5. The van der Waals surface area contributed by atoms with E-state index in [-0.39, 0.29) is 89.5 Å². The molecule has 2 aromatic carbocycles. The van der Waals surface area contributed by atoms with E-state index in [9.17, 15) is 64.0 Å². The highest BCUT2D eigenvalue weighted by atomic mass is 32.2. The predicted molar refractivity (Wildman–Crippen MR) is 354 cm³/mol. The van der Waals surface area contributed by atoms with Crippen molar-refractivity contribution < 1.29 is 78.6 Å². The number of halogens is 2. The minimum absolute atomic E-state index is 0.00120. The van der Waals surface area contributed by atoms with Gasteiger partial charge in [-0.15, -0.1) is 13.2 Å². The Morgan fingerprint density at radius 2 is 1.25 bits per heavy atom. The molecule has 11 rings (SSSR count). The van der Waals surface area contributed by atoms with Crippen molar-refractivity contribution in [2.24, 2.45) is 11.8 Å². The standard InChI is InChI=1S/C35H49FN4O8S.C35H47FN4O7S/c1-2-25-20-35(25,32(44)39-49(46,47)34(17-18-34)16-11-9-7-5-3-4-6-8-10-15-30(41)42)38-31(43)29-19-26(21-37-29)48-33(45)40-22-24-13-12-14-28(36)27(24)23-40;1-2-25-20-35(25)32(43)38-48(45,46)34(17-18-34)16-11-9-7-5-3-4-6-8-10-15-30(41)40-22-26(19-29(40)31(42)37-35)47-33(44)39-21-24-13-12-14-28(36)27(24)23-39/h2,12-14,25-26,29,37H,1,3-11,15-23H2,(H,38,43)(H,39,44)(H,41,42);2,12-14,25-26,29H,1,3-11,15-23H2,(H,37,42)(H,38,43)/t2*25-,26-,29+,35-/m11/s1. The van der Waals surface area contributed by atoms with Crippen LogP contribution in [0.5, 0.6) is 0 Å². The van der Waals surface area contributed by atoms with Gasteiger partial charge in [0.25, 0.3) is 11.8 Å². The molecule has 0 aromatic heterocycles. The molecular formula is C70H96F2N8O15S2. The largest absolute Gasteiger partial charge is 0.481 e. The molecular weight excluding hydrogens is 1290 g/mol. The number of carboxylic acid groups (broad SMARTS) is 1. The van der Waals surface area contributed by atoms with Gasteiger partial charge in [-0.25, -0.2) is 35.2 Å². The summed E-state index contributed by atoms with van der Waals surface area (Å²) in [6, 6.07) is 7.62. The summed E-state index contributed by atoms with van der Waals surface area (Å²) in [5.41, 5.74) is -0.598. The van der Waals surface area contributed by atoms with E-state index in [1.54, 1.807) is 30.3 Å². The summed E-state index contributed by atoms with van der Waals surface area (Å²) >= 11 is 0. The molecule has 4 aliphatic carbocycles. The van der Waals surface area contributed by atoms with E-state index in [0.717, 1.165) is 108 Å². The van der Waals surface area contributed by atoms with Crippen LogP contribution in [0, 0.1) is 23.5 Å². The lowest BCUT2D eigenvalue weighted by Gasteiger charge is -2.27. The second-order valence-corrected chi connectivity index (χ2v) is 32.6. The van der Waals surface area contributed by atoms with Crippen LogP contribution in [-0.4, -0.2) is 142 Å². The van der Waals surface area contributed by atoms with Crippen LogP contribution in [0.25, 0.3) is 0 Å². The highest BCUT2D eigenvalue weighted by Gasteiger charge is 2.65. The average Bonchev–Trinajstić information content (AvgIpc) is 1.57. The Kier molecular flexibility index (Phi) is 23.3. The molecule has 97 heavy (non-hydrogen) atoms. The van der Waals surface area contributed by atoms with Crippen molar-refractivity contribution in [3.8, 4) is 0 Å². The molecule has 27 heteroatoms. The van der Waals surface area contributed by atoms with Gasteiger partial charge in [0.1, 0.15) is 41.0 Å². The number of hydrogen-bond acceptors (Lipinski definition) is 15. The Hall–Kier alpha value is -7.00. The Balaban J connectivity index is 0.000000211. The maximum Gasteiger partial charge on any atom is 0.410 e. The van der Waals surface area contributed by atoms with Crippen molar-refractivity contribution in [1.29, 1.82) is 0 Å². The fraction of sp³-hybridized carbons (Fsp3) is 0.657. The molecule has 3 saturated heterocycles. The number of amides is 7. The van der Waals surface area contributed by atoms with Gasteiger partial charge in [0, 0.05) is 68.3 Å². The normalized spacial score (nSPS) is 27.9. The van der Waals surface area contributed by atoms with Crippen molar-refractivity contribution >= 4 is 67.7 Å². The van der Waals surface area contributed by atoms with E-state index in [4.69, 9.17) is 14.6 Å². The maximum absolute atomic E-state index is 14.3. The Labute approximate surface area is 567 Å². The van der Waals surface area contributed by atoms with Gasteiger partial charge in [-0.2, -0.15) is 0 Å². The first-order valence-corrected chi connectivity index (χ1v) is 38.1. The first-order chi connectivity index (χ1) is 46.4. The van der Waals surface area contributed by atoms with Crippen LogP contribution in [0.2, 0.25) is 0 Å². The summed E-state index contributed by atoms with van der Waals surface area (Å²) in [5, 5.41) is 17.3. The van der Waals surface area contributed by atoms with Gasteiger partial charge in [-0.1, -0.05) is 139 Å². The third kappa shape index (κ3) is 17.2. The van der Waals surface area contributed by atoms with Crippen LogP contribution in [0.3, 0.4) is 0 Å². The van der Waals surface area contributed by atoms with Crippen LogP contribution >= 0.6 is 0 Å². The first-order valence-electron chi connectivity index (χ1n) is 35.1. The van der Waals surface area contributed by atoms with E-state index in [2.05, 4.69) is 38.6 Å². The number of sulfonamides is 2. The van der Waals surface area contributed by atoms with Crippen LogP contribution in [0.4, 0.5) is 18.4 Å². The molecule has 4 saturated carbocycles. The highest BCUT2D eigenvalue weighted by Crippen LogP contribution is 2.51. The summed E-state index contributed by atoms with van der Waals surface area (Å²) < 4.78 is 96.3. The third-order valence-corrected chi connectivity index (χ3v) is 26.0. The number of carboxylic acids is 1. The van der Waals surface area contributed by atoms with Gasteiger partial charge in [0.05, 0.1) is 35.2 Å². The lowest BCUT2D eigenvalue weighted by molar-refractivity contribution is -0.140. The zero-order valence-corrected chi connectivity index (χ0v) is 57.2. The van der Waals surface area contributed by atoms with Crippen molar-refractivity contribution in [1.82, 2.24) is 40.1 Å². The summed E-state index contributed by atoms with van der Waals surface area (Å²) in [7, 11) is -7.96. The third-order valence-electron chi connectivity index (χ3n) is 21.6. The number of nitrogens with zero attached hydrogens (tertiary/aromatic N) is 3. The molecule has 0 unspecified atom stereocenters. The van der Waals surface area contributed by atoms with Gasteiger partial charge in [0.15, 0.2) is 0 Å². The van der Waals surface area contributed by atoms with Crippen molar-refractivity contribution in [2.45, 2.75) is 264 Å². The van der Waals surface area contributed by atoms with Crippen molar-refractivity contribution in [3.05, 3.63) is 95.6 Å². The Morgan fingerprint density at radius 1 is 0.691 bits per heavy atom. The minimum atomic E-state index is -3.99. The van der Waals surface area contributed by atoms with E-state index < -0.39 is 124 Å². The molecule has 23 nitrogen and oxygen atoms in total. The number of carbonyl (C=O) groups excluding carboxylic acids is 7. The quantitative estimate of drug-likeness (QED) is 0.0501. The second kappa shape index (κ2) is 31.0. The number of ether oxygens (including phenoxy) is 2.